The second-order valence-electron chi connectivity index (χ2n) is 4.72. The van der Waals surface area contributed by atoms with Crippen molar-refractivity contribution in [3.05, 3.63) is 59.7 Å². The lowest BCUT2D eigenvalue weighted by Crippen LogP contribution is -2.13. The summed E-state index contributed by atoms with van der Waals surface area (Å²) in [5.41, 5.74) is 0.727. The highest BCUT2D eigenvalue weighted by Crippen LogP contribution is 2.29. The first kappa shape index (κ1) is 17.0. The molecule has 0 aliphatic rings. The second kappa shape index (κ2) is 7.77. The Labute approximate surface area is 137 Å². The van der Waals surface area contributed by atoms with Crippen molar-refractivity contribution in [2.75, 3.05) is 13.2 Å². The van der Waals surface area contributed by atoms with Crippen LogP contribution in [0.3, 0.4) is 0 Å². The van der Waals surface area contributed by atoms with Crippen molar-refractivity contribution >= 4 is 17.7 Å². The molecule has 0 unspecified atom stereocenters. The van der Waals surface area contributed by atoms with Gasteiger partial charge in [0.25, 0.3) is 0 Å². The molecule has 0 heterocycles. The van der Waals surface area contributed by atoms with Crippen LogP contribution in [0.15, 0.2) is 48.5 Å². The van der Waals surface area contributed by atoms with Gasteiger partial charge < -0.3 is 19.7 Å². The molecule has 0 saturated carbocycles. The normalized spacial score (nSPS) is 10.0. The number of benzene rings is 2. The molecule has 2 aromatic rings. The molecule has 2 rings (SSSR count). The van der Waals surface area contributed by atoms with E-state index in [2.05, 4.69) is 0 Å². The summed E-state index contributed by atoms with van der Waals surface area (Å²) in [6.07, 6.45) is 0. The zero-order valence-corrected chi connectivity index (χ0v) is 12.5. The first-order chi connectivity index (χ1) is 11.5. The van der Waals surface area contributed by atoms with E-state index in [1.54, 1.807) is 30.3 Å². The van der Waals surface area contributed by atoms with E-state index in [0.29, 0.717) is 5.56 Å². The Morgan fingerprint density at radius 1 is 0.750 bits per heavy atom. The summed E-state index contributed by atoms with van der Waals surface area (Å²) in [7, 11) is 0. The molecule has 0 bridgehead atoms. The smallest absolute Gasteiger partial charge is 0.341 e. The average molecular weight is 330 g/mol. The van der Waals surface area contributed by atoms with Crippen LogP contribution >= 0.6 is 0 Å². The van der Waals surface area contributed by atoms with Gasteiger partial charge in [0.2, 0.25) is 0 Å². The Morgan fingerprint density at radius 3 is 1.92 bits per heavy atom. The van der Waals surface area contributed by atoms with Gasteiger partial charge in [0.05, 0.1) is 0 Å². The van der Waals surface area contributed by atoms with Crippen molar-refractivity contribution in [3.63, 3.8) is 0 Å². The predicted molar refractivity (Wildman–Crippen MR) is 82.6 cm³/mol. The Morgan fingerprint density at radius 2 is 1.33 bits per heavy atom. The number of carboxylic acids is 2. The van der Waals surface area contributed by atoms with Gasteiger partial charge in [-0.1, -0.05) is 30.3 Å². The maximum Gasteiger partial charge on any atom is 0.341 e. The lowest BCUT2D eigenvalue weighted by molar-refractivity contribution is -0.140. The first-order valence-electron chi connectivity index (χ1n) is 6.90. The summed E-state index contributed by atoms with van der Waals surface area (Å²) in [4.78, 5) is 33.7. The Balaban J connectivity index is 2.30. The number of ether oxygens (including phenoxy) is 2. The highest BCUT2D eigenvalue weighted by atomic mass is 16.5. The number of hydrogen-bond donors (Lipinski definition) is 2. The summed E-state index contributed by atoms with van der Waals surface area (Å²) in [5.74, 6) is -2.65. The van der Waals surface area contributed by atoms with Crippen LogP contribution in [-0.4, -0.2) is 41.1 Å². The number of rotatable bonds is 8. The number of carbonyl (C=O) groups excluding carboxylic acids is 1. The number of ketones is 1. The van der Waals surface area contributed by atoms with Gasteiger partial charge >= 0.3 is 11.9 Å². The predicted octanol–water partition coefficient (Wildman–Crippen LogP) is 1.84. The summed E-state index contributed by atoms with van der Waals surface area (Å²) < 4.78 is 10.1. The molecule has 0 amide bonds. The van der Waals surface area contributed by atoms with Crippen molar-refractivity contribution in [2.45, 2.75) is 0 Å². The van der Waals surface area contributed by atoms with Crippen molar-refractivity contribution in [1.82, 2.24) is 0 Å². The molecule has 0 radical (unpaired) electrons. The maximum atomic E-state index is 12.4. The summed E-state index contributed by atoms with van der Waals surface area (Å²) in [5, 5.41) is 17.4. The second-order valence-corrected chi connectivity index (χ2v) is 4.72. The lowest BCUT2D eigenvalue weighted by Gasteiger charge is -2.12. The fraction of sp³-hybridized carbons (Fsp3) is 0.118. The Kier molecular flexibility index (Phi) is 5.51. The topological polar surface area (TPSA) is 110 Å². The number of carboxylic acid groups (broad SMARTS) is 2. The first-order valence-corrected chi connectivity index (χ1v) is 6.90. The molecule has 24 heavy (non-hydrogen) atoms. The van der Waals surface area contributed by atoms with Crippen LogP contribution in [0.1, 0.15) is 15.9 Å². The van der Waals surface area contributed by atoms with Gasteiger partial charge in [-0.25, -0.2) is 9.59 Å². The standard InChI is InChI=1S/C17H14O7/c18-15(19)9-23-13-7-6-12(8-14(13)24-10-16(20)21)17(22)11-4-2-1-3-5-11/h1-8H,9-10H2,(H,18,19)(H,20,21). The Hall–Kier alpha value is -3.35. The highest BCUT2D eigenvalue weighted by molar-refractivity contribution is 6.09. The van der Waals surface area contributed by atoms with E-state index >= 15 is 0 Å². The molecule has 7 nitrogen and oxygen atoms in total. The molecule has 2 N–H and O–H groups in total. The van der Waals surface area contributed by atoms with Crippen molar-refractivity contribution < 1.29 is 34.1 Å². The molecular weight excluding hydrogens is 316 g/mol. The molecule has 0 spiro atoms. The van der Waals surface area contributed by atoms with E-state index in [0.717, 1.165) is 0 Å². The van der Waals surface area contributed by atoms with Crippen LogP contribution in [0.25, 0.3) is 0 Å². The van der Waals surface area contributed by atoms with Crippen LogP contribution in [-0.2, 0) is 9.59 Å². The minimum absolute atomic E-state index is 0.0135. The molecule has 0 fully saturated rings. The summed E-state index contributed by atoms with van der Waals surface area (Å²) >= 11 is 0. The molecule has 0 saturated heterocycles. The largest absolute Gasteiger partial charge is 0.479 e. The van der Waals surface area contributed by atoms with Gasteiger partial charge in [0.15, 0.2) is 30.5 Å². The molecule has 2 aromatic carbocycles. The van der Waals surface area contributed by atoms with E-state index < -0.39 is 25.2 Å². The molecule has 7 heteroatoms. The van der Waals surface area contributed by atoms with Gasteiger partial charge in [0.1, 0.15) is 0 Å². The number of aliphatic carboxylic acids is 2. The number of carbonyl (C=O) groups is 3. The molecular formula is C17H14O7. The van der Waals surface area contributed by atoms with Crippen molar-refractivity contribution in [1.29, 1.82) is 0 Å². The van der Waals surface area contributed by atoms with Crippen molar-refractivity contribution in [2.24, 2.45) is 0 Å². The maximum absolute atomic E-state index is 12.4. The minimum Gasteiger partial charge on any atom is -0.479 e. The highest BCUT2D eigenvalue weighted by Gasteiger charge is 2.15. The lowest BCUT2D eigenvalue weighted by atomic mass is 10.0. The summed E-state index contributed by atoms with van der Waals surface area (Å²) in [6, 6.07) is 12.7. The molecule has 0 aliphatic carbocycles. The third-order valence-electron chi connectivity index (χ3n) is 2.94. The van der Waals surface area contributed by atoms with E-state index in [1.807, 2.05) is 0 Å². The number of hydrogen-bond acceptors (Lipinski definition) is 5. The zero-order valence-electron chi connectivity index (χ0n) is 12.5. The van der Waals surface area contributed by atoms with Gasteiger partial charge in [-0.2, -0.15) is 0 Å². The Bertz CT molecular complexity index is 753. The van der Waals surface area contributed by atoms with E-state index in [4.69, 9.17) is 19.7 Å². The van der Waals surface area contributed by atoms with E-state index in [9.17, 15) is 14.4 Å². The van der Waals surface area contributed by atoms with Gasteiger partial charge in [0, 0.05) is 11.1 Å². The molecule has 124 valence electrons. The third kappa shape index (κ3) is 4.57. The average Bonchev–Trinajstić information content (AvgIpc) is 2.58. The van der Waals surface area contributed by atoms with Gasteiger partial charge in [-0.05, 0) is 18.2 Å². The molecule has 0 aliphatic heterocycles. The van der Waals surface area contributed by atoms with Crippen LogP contribution < -0.4 is 9.47 Å². The van der Waals surface area contributed by atoms with Crippen LogP contribution in [0, 0.1) is 0 Å². The van der Waals surface area contributed by atoms with Crippen LogP contribution in [0.5, 0.6) is 11.5 Å². The zero-order chi connectivity index (χ0) is 17.5. The molecule has 0 aromatic heterocycles. The minimum atomic E-state index is -1.21. The van der Waals surface area contributed by atoms with E-state index in [1.165, 1.54) is 18.2 Å². The third-order valence-corrected chi connectivity index (χ3v) is 2.94. The van der Waals surface area contributed by atoms with Crippen molar-refractivity contribution in [3.8, 4) is 11.5 Å². The fourth-order valence-electron chi connectivity index (χ4n) is 1.92. The SMILES string of the molecule is O=C(O)COc1ccc(C(=O)c2ccccc2)cc1OCC(=O)O. The van der Waals surface area contributed by atoms with Gasteiger partial charge in [-0.3, -0.25) is 4.79 Å². The van der Waals surface area contributed by atoms with Crippen LogP contribution in [0.2, 0.25) is 0 Å². The monoisotopic (exact) mass is 330 g/mol. The fourth-order valence-corrected chi connectivity index (χ4v) is 1.92. The van der Waals surface area contributed by atoms with Gasteiger partial charge in [-0.15, -0.1) is 0 Å². The van der Waals surface area contributed by atoms with Crippen LogP contribution in [0.4, 0.5) is 0 Å². The molecule has 0 atom stereocenters. The summed E-state index contributed by atoms with van der Waals surface area (Å²) in [6.45, 7) is -1.26. The van der Waals surface area contributed by atoms with E-state index in [-0.39, 0.29) is 22.8 Å². The quantitative estimate of drug-likeness (QED) is 0.711.